The number of hydrogen-bond donors (Lipinski definition) is 1. The largest absolute Gasteiger partial charge is 0.469 e. The normalized spacial score (nSPS) is 54.9. The first-order valence-corrected chi connectivity index (χ1v) is 9.13. The molecule has 4 aliphatic carbocycles. The van der Waals surface area contributed by atoms with E-state index in [9.17, 15) is 14.7 Å². The highest BCUT2D eigenvalue weighted by Crippen LogP contribution is 2.77. The zero-order valence-corrected chi connectivity index (χ0v) is 14.7. The predicted molar refractivity (Wildman–Crippen MR) is 88.2 cm³/mol. The first kappa shape index (κ1) is 15.6. The van der Waals surface area contributed by atoms with Crippen LogP contribution in [-0.2, 0) is 19.1 Å². The molecule has 134 valence electrons. The highest BCUT2D eigenvalue weighted by atomic mass is 16.6. The third-order valence-electron chi connectivity index (χ3n) is 8.16. The molecule has 0 aromatic heterocycles. The van der Waals surface area contributed by atoms with Crippen molar-refractivity contribution < 1.29 is 24.2 Å². The van der Waals surface area contributed by atoms with E-state index in [4.69, 9.17) is 9.47 Å². The van der Waals surface area contributed by atoms with Gasteiger partial charge in [-0.05, 0) is 43.6 Å². The Morgan fingerprint density at radius 3 is 2.96 bits per heavy atom. The van der Waals surface area contributed by atoms with Gasteiger partial charge in [0.25, 0.3) is 0 Å². The highest BCUT2D eigenvalue weighted by molar-refractivity contribution is 5.87. The maximum Gasteiger partial charge on any atom is 0.316 e. The van der Waals surface area contributed by atoms with E-state index in [1.54, 1.807) is 0 Å². The summed E-state index contributed by atoms with van der Waals surface area (Å²) in [6.45, 7) is 6.01. The molecule has 7 atom stereocenters. The molecule has 25 heavy (non-hydrogen) atoms. The summed E-state index contributed by atoms with van der Waals surface area (Å²) in [6.07, 6.45) is 7.11. The minimum atomic E-state index is -0.898. The van der Waals surface area contributed by atoms with Gasteiger partial charge in [0.05, 0.1) is 24.0 Å². The van der Waals surface area contributed by atoms with E-state index < -0.39 is 27.9 Å². The molecule has 0 unspecified atom stereocenters. The van der Waals surface area contributed by atoms with Crippen LogP contribution in [0.15, 0.2) is 24.3 Å². The second-order valence-corrected chi connectivity index (χ2v) is 9.03. The standard InChI is InChI=1S/C20H24O5/c1-11-9-18-10-19(11,23)8-5-12(18)20-7-4-6-17(2,16(22)25-20)14(20)13(18)15(21)24-3/h4,6,12-14,23H,1,5,7-10H2,2-3H3/t12-,13-,14-,17-,18+,19+,20-/m0/s1. The topological polar surface area (TPSA) is 72.8 Å². The van der Waals surface area contributed by atoms with E-state index >= 15 is 0 Å². The molecule has 5 rings (SSSR count). The van der Waals surface area contributed by atoms with Gasteiger partial charge >= 0.3 is 11.9 Å². The van der Waals surface area contributed by atoms with Crippen LogP contribution in [0, 0.1) is 28.6 Å². The molecule has 4 fully saturated rings. The zero-order valence-electron chi connectivity index (χ0n) is 14.7. The summed E-state index contributed by atoms with van der Waals surface area (Å²) in [4.78, 5) is 25.7. The summed E-state index contributed by atoms with van der Waals surface area (Å²) >= 11 is 0. The fourth-order valence-electron chi connectivity index (χ4n) is 7.34. The Hall–Kier alpha value is -1.62. The van der Waals surface area contributed by atoms with Crippen LogP contribution in [0.2, 0.25) is 0 Å². The molecule has 5 aliphatic rings. The fraction of sp³-hybridized carbons (Fsp3) is 0.700. The number of methoxy groups -OCH3 is 1. The maximum absolute atomic E-state index is 13.0. The predicted octanol–water partition coefficient (Wildman–Crippen LogP) is 2.14. The average molecular weight is 344 g/mol. The first-order chi connectivity index (χ1) is 11.7. The lowest BCUT2D eigenvalue weighted by molar-refractivity contribution is -0.162. The van der Waals surface area contributed by atoms with Gasteiger partial charge in [0.2, 0.25) is 0 Å². The maximum atomic E-state index is 13.0. The molecule has 1 heterocycles. The van der Waals surface area contributed by atoms with Crippen molar-refractivity contribution in [1.29, 1.82) is 0 Å². The molecule has 1 aliphatic heterocycles. The smallest absolute Gasteiger partial charge is 0.316 e. The van der Waals surface area contributed by atoms with Crippen LogP contribution >= 0.6 is 0 Å². The number of fused-ring (bicyclic) bond motifs is 1. The van der Waals surface area contributed by atoms with Crippen LogP contribution in [0.3, 0.4) is 0 Å². The van der Waals surface area contributed by atoms with Crippen molar-refractivity contribution in [2.45, 2.75) is 50.2 Å². The molecular weight excluding hydrogens is 320 g/mol. The van der Waals surface area contributed by atoms with Crippen molar-refractivity contribution in [3.8, 4) is 0 Å². The Labute approximate surface area is 147 Å². The van der Waals surface area contributed by atoms with Gasteiger partial charge in [0.1, 0.15) is 5.60 Å². The van der Waals surface area contributed by atoms with Gasteiger partial charge in [-0.3, -0.25) is 9.59 Å². The van der Waals surface area contributed by atoms with Crippen molar-refractivity contribution in [2.75, 3.05) is 7.11 Å². The Morgan fingerprint density at radius 2 is 2.24 bits per heavy atom. The molecule has 5 nitrogen and oxygen atoms in total. The Morgan fingerprint density at radius 1 is 1.48 bits per heavy atom. The molecule has 1 N–H and O–H groups in total. The lowest BCUT2D eigenvalue weighted by Gasteiger charge is -2.45. The van der Waals surface area contributed by atoms with Gasteiger partial charge in [0.15, 0.2) is 0 Å². The van der Waals surface area contributed by atoms with Crippen molar-refractivity contribution >= 4 is 11.9 Å². The van der Waals surface area contributed by atoms with Crippen LogP contribution in [0.4, 0.5) is 0 Å². The summed E-state index contributed by atoms with van der Waals surface area (Å²) in [6, 6.07) is 0. The van der Waals surface area contributed by atoms with Gasteiger partial charge in [0, 0.05) is 18.3 Å². The number of ether oxygens (including phenoxy) is 2. The van der Waals surface area contributed by atoms with E-state index in [1.807, 2.05) is 19.1 Å². The van der Waals surface area contributed by atoms with Crippen LogP contribution in [0.1, 0.15) is 39.0 Å². The van der Waals surface area contributed by atoms with Crippen LogP contribution in [0.25, 0.3) is 0 Å². The minimum Gasteiger partial charge on any atom is -0.469 e. The number of esters is 2. The Bertz CT molecular complexity index is 755. The van der Waals surface area contributed by atoms with E-state index in [0.717, 1.165) is 12.0 Å². The van der Waals surface area contributed by atoms with E-state index in [1.165, 1.54) is 7.11 Å². The SMILES string of the molecule is C=C1C[C@@]23C[C@]1(O)CC[C@@H]2[C@]12CC=C[C@](C)(C(=O)O1)[C@@H]2[C@H]3C(=O)OC. The van der Waals surface area contributed by atoms with Crippen molar-refractivity contribution in [3.05, 3.63) is 24.3 Å². The van der Waals surface area contributed by atoms with Gasteiger partial charge < -0.3 is 14.6 Å². The van der Waals surface area contributed by atoms with Crippen LogP contribution < -0.4 is 0 Å². The van der Waals surface area contributed by atoms with Gasteiger partial charge in [-0.25, -0.2) is 0 Å². The number of aliphatic hydroxyl groups is 1. The second kappa shape index (κ2) is 4.20. The fourth-order valence-corrected chi connectivity index (χ4v) is 7.34. The van der Waals surface area contributed by atoms with Crippen molar-refractivity contribution in [2.24, 2.45) is 28.6 Å². The highest BCUT2D eigenvalue weighted by Gasteiger charge is 2.82. The summed E-state index contributed by atoms with van der Waals surface area (Å²) in [7, 11) is 1.41. The lowest BCUT2D eigenvalue weighted by atomic mass is 9.62. The third-order valence-corrected chi connectivity index (χ3v) is 8.16. The summed E-state index contributed by atoms with van der Waals surface area (Å²) in [5, 5.41) is 11.0. The molecule has 0 aromatic carbocycles. The quantitative estimate of drug-likeness (QED) is 0.583. The van der Waals surface area contributed by atoms with Gasteiger partial charge in [-0.2, -0.15) is 0 Å². The molecule has 1 spiro atoms. The minimum absolute atomic E-state index is 0.0596. The lowest BCUT2D eigenvalue weighted by Crippen LogP contribution is -2.47. The van der Waals surface area contributed by atoms with Crippen LogP contribution in [-0.4, -0.2) is 35.4 Å². The summed E-state index contributed by atoms with van der Waals surface area (Å²) < 4.78 is 11.3. The molecule has 5 heteroatoms. The number of carbonyl (C=O) groups excluding carboxylic acids is 2. The zero-order chi connectivity index (χ0) is 17.8. The Balaban J connectivity index is 1.76. The second-order valence-electron chi connectivity index (χ2n) is 9.03. The molecule has 1 saturated heterocycles. The van der Waals surface area contributed by atoms with Crippen molar-refractivity contribution in [3.63, 3.8) is 0 Å². The van der Waals surface area contributed by atoms with Gasteiger partial charge in [-0.1, -0.05) is 18.7 Å². The molecule has 0 radical (unpaired) electrons. The number of hydrogen-bond acceptors (Lipinski definition) is 5. The monoisotopic (exact) mass is 344 g/mol. The summed E-state index contributed by atoms with van der Waals surface area (Å²) in [5.41, 5.74) is -1.95. The first-order valence-electron chi connectivity index (χ1n) is 9.13. The molecule has 4 bridgehead atoms. The van der Waals surface area contributed by atoms with E-state index in [-0.39, 0.29) is 23.8 Å². The molecular formula is C20H24O5. The Kier molecular flexibility index (Phi) is 2.62. The number of carbonyl (C=O) groups is 2. The molecule has 3 saturated carbocycles. The van der Waals surface area contributed by atoms with Crippen LogP contribution in [0.5, 0.6) is 0 Å². The van der Waals surface area contributed by atoms with Gasteiger partial charge in [-0.15, -0.1) is 0 Å². The third kappa shape index (κ3) is 1.44. The van der Waals surface area contributed by atoms with E-state index in [2.05, 4.69) is 6.58 Å². The average Bonchev–Trinajstić information content (AvgIpc) is 2.95. The van der Waals surface area contributed by atoms with Crippen molar-refractivity contribution in [1.82, 2.24) is 0 Å². The molecule has 0 amide bonds. The number of rotatable bonds is 1. The summed E-state index contributed by atoms with van der Waals surface area (Å²) in [5.74, 6) is -1.13. The molecule has 0 aromatic rings. The van der Waals surface area contributed by atoms with E-state index in [0.29, 0.717) is 25.7 Å².